The average Bonchev–Trinajstić information content (AvgIpc) is 2.64. The number of rotatable bonds is 6. The van der Waals surface area contributed by atoms with E-state index >= 15 is 0 Å². The molecular formula is C19H30FIN4OS. The molecule has 0 spiro atoms. The number of nitrogens with one attached hydrogen (secondary N) is 2. The molecule has 8 heteroatoms. The monoisotopic (exact) mass is 508 g/mol. The number of halogens is 2. The van der Waals surface area contributed by atoms with Crippen LogP contribution in [0.2, 0.25) is 0 Å². The molecular weight excluding hydrogens is 478 g/mol. The summed E-state index contributed by atoms with van der Waals surface area (Å²) in [5.74, 6) is 2.29. The number of hydrogen-bond donors (Lipinski definition) is 2. The fourth-order valence-electron chi connectivity index (χ4n) is 2.83. The van der Waals surface area contributed by atoms with E-state index < -0.39 is 0 Å². The number of aliphatic imine (C=N–C) groups is 1. The zero-order chi connectivity index (χ0) is 18.9. The van der Waals surface area contributed by atoms with Crippen molar-refractivity contribution in [1.29, 1.82) is 0 Å². The van der Waals surface area contributed by atoms with E-state index in [2.05, 4.69) is 34.4 Å². The molecule has 2 N–H and O–H groups in total. The van der Waals surface area contributed by atoms with Crippen LogP contribution in [0.5, 0.6) is 0 Å². The van der Waals surface area contributed by atoms with Crippen LogP contribution in [-0.2, 0) is 11.2 Å². The van der Waals surface area contributed by atoms with Crippen molar-refractivity contribution in [2.75, 3.05) is 39.0 Å². The number of thioether (sulfide) groups is 1. The van der Waals surface area contributed by atoms with Crippen LogP contribution in [0.3, 0.4) is 0 Å². The highest BCUT2D eigenvalue weighted by Crippen LogP contribution is 2.24. The second-order valence-corrected chi connectivity index (χ2v) is 8.07. The highest BCUT2D eigenvalue weighted by molar-refractivity contribution is 14.0. The third-order valence-electron chi connectivity index (χ3n) is 4.36. The summed E-state index contributed by atoms with van der Waals surface area (Å²) < 4.78 is 12.9. The molecule has 1 unspecified atom stereocenters. The standard InChI is InChI=1S/C19H29FN4OS.HI/c1-14(2)17-13-24(10-11-26-17)19(21-3)23-9-8-22-18(25)12-15-4-6-16(20)7-5-15;/h4-7,14,17H,8-13H2,1-3H3,(H,21,23)(H,22,25);1H. The van der Waals surface area contributed by atoms with Gasteiger partial charge in [0.05, 0.1) is 6.42 Å². The Morgan fingerprint density at radius 3 is 2.59 bits per heavy atom. The number of guanidine groups is 1. The summed E-state index contributed by atoms with van der Waals surface area (Å²) in [6.45, 7) is 7.65. The van der Waals surface area contributed by atoms with Crippen LogP contribution in [0, 0.1) is 11.7 Å². The lowest BCUT2D eigenvalue weighted by Gasteiger charge is -2.36. The summed E-state index contributed by atoms with van der Waals surface area (Å²) in [6.07, 6.45) is 0.258. The predicted molar refractivity (Wildman–Crippen MR) is 123 cm³/mol. The third-order valence-corrected chi connectivity index (χ3v) is 5.90. The summed E-state index contributed by atoms with van der Waals surface area (Å²) in [5.41, 5.74) is 0.804. The number of nitrogens with zero attached hydrogens (tertiary/aromatic N) is 2. The van der Waals surface area contributed by atoms with Gasteiger partial charge in [0.1, 0.15) is 5.82 Å². The van der Waals surface area contributed by atoms with Crippen molar-refractivity contribution < 1.29 is 9.18 Å². The van der Waals surface area contributed by atoms with Crippen molar-refractivity contribution in [1.82, 2.24) is 15.5 Å². The highest BCUT2D eigenvalue weighted by atomic mass is 127. The first-order valence-corrected chi connectivity index (χ1v) is 10.1. The molecule has 0 radical (unpaired) electrons. The molecule has 0 aromatic heterocycles. The van der Waals surface area contributed by atoms with Crippen LogP contribution in [-0.4, -0.2) is 61.0 Å². The van der Waals surface area contributed by atoms with Crippen molar-refractivity contribution in [2.24, 2.45) is 10.9 Å². The molecule has 27 heavy (non-hydrogen) atoms. The van der Waals surface area contributed by atoms with Gasteiger partial charge in [-0.15, -0.1) is 24.0 Å². The smallest absolute Gasteiger partial charge is 0.224 e. The van der Waals surface area contributed by atoms with Gasteiger partial charge in [0.15, 0.2) is 5.96 Å². The lowest BCUT2D eigenvalue weighted by atomic mass is 10.1. The van der Waals surface area contributed by atoms with Crippen LogP contribution < -0.4 is 10.6 Å². The molecule has 1 aromatic rings. The fraction of sp³-hybridized carbons (Fsp3) is 0.579. The Labute approximate surface area is 183 Å². The van der Waals surface area contributed by atoms with Gasteiger partial charge in [-0.25, -0.2) is 4.39 Å². The van der Waals surface area contributed by atoms with Gasteiger partial charge in [0.25, 0.3) is 0 Å². The molecule has 1 fully saturated rings. The minimum atomic E-state index is -0.291. The molecule has 1 heterocycles. The Bertz CT molecular complexity index is 612. The Balaban J connectivity index is 0.00000364. The van der Waals surface area contributed by atoms with Crippen LogP contribution in [0.4, 0.5) is 4.39 Å². The Morgan fingerprint density at radius 1 is 1.30 bits per heavy atom. The van der Waals surface area contributed by atoms with Crippen molar-refractivity contribution in [3.05, 3.63) is 35.6 Å². The van der Waals surface area contributed by atoms with Crippen molar-refractivity contribution >= 4 is 47.6 Å². The van der Waals surface area contributed by atoms with Gasteiger partial charge < -0.3 is 15.5 Å². The molecule has 152 valence electrons. The van der Waals surface area contributed by atoms with Crippen molar-refractivity contribution in [2.45, 2.75) is 25.5 Å². The van der Waals surface area contributed by atoms with Gasteiger partial charge in [0.2, 0.25) is 5.91 Å². The van der Waals surface area contributed by atoms with Crippen LogP contribution in [0.25, 0.3) is 0 Å². The van der Waals surface area contributed by atoms with Gasteiger partial charge in [-0.2, -0.15) is 11.8 Å². The van der Waals surface area contributed by atoms with E-state index in [1.54, 1.807) is 19.2 Å². The second kappa shape index (κ2) is 12.4. The second-order valence-electron chi connectivity index (χ2n) is 6.73. The molecule has 1 aromatic carbocycles. The Hall–Kier alpha value is -1.03. The van der Waals surface area contributed by atoms with E-state index in [1.165, 1.54) is 12.1 Å². The summed E-state index contributed by atoms with van der Waals surface area (Å²) in [7, 11) is 1.79. The lowest BCUT2D eigenvalue weighted by Crippen LogP contribution is -2.50. The Kier molecular flexibility index (Phi) is 11.1. The SMILES string of the molecule is CN=C(NCCNC(=O)Cc1ccc(F)cc1)N1CCSC(C(C)C)C1.I. The van der Waals surface area contributed by atoms with Crippen molar-refractivity contribution in [3.63, 3.8) is 0 Å². The summed E-state index contributed by atoms with van der Waals surface area (Å²) in [6, 6.07) is 6.01. The first-order valence-electron chi connectivity index (χ1n) is 9.08. The quantitative estimate of drug-likeness (QED) is 0.269. The first-order chi connectivity index (χ1) is 12.5. The van der Waals surface area contributed by atoms with E-state index in [4.69, 9.17) is 0 Å². The van der Waals surface area contributed by atoms with E-state index in [0.29, 0.717) is 24.3 Å². The number of benzene rings is 1. The third kappa shape index (κ3) is 8.25. The molecule has 0 aliphatic carbocycles. The van der Waals surface area contributed by atoms with Crippen LogP contribution in [0.15, 0.2) is 29.3 Å². The predicted octanol–water partition coefficient (Wildman–Crippen LogP) is 2.75. The van der Waals surface area contributed by atoms with E-state index in [1.807, 2.05) is 11.8 Å². The number of hydrogen-bond acceptors (Lipinski definition) is 3. The maximum absolute atomic E-state index is 12.9. The molecule has 5 nitrogen and oxygen atoms in total. The van der Waals surface area contributed by atoms with Gasteiger partial charge in [-0.3, -0.25) is 9.79 Å². The minimum absolute atomic E-state index is 0. The summed E-state index contributed by atoms with van der Waals surface area (Å²) in [4.78, 5) is 18.6. The number of carbonyl (C=O) groups excluding carboxylic acids is 1. The maximum atomic E-state index is 12.9. The zero-order valence-corrected chi connectivity index (χ0v) is 19.4. The molecule has 1 saturated heterocycles. The molecule has 1 atom stereocenters. The summed E-state index contributed by atoms with van der Waals surface area (Å²) in [5, 5.41) is 6.83. The zero-order valence-electron chi connectivity index (χ0n) is 16.2. The van der Waals surface area contributed by atoms with Gasteiger partial charge >= 0.3 is 0 Å². The highest BCUT2D eigenvalue weighted by Gasteiger charge is 2.24. The molecule has 0 saturated carbocycles. The van der Waals surface area contributed by atoms with E-state index in [9.17, 15) is 9.18 Å². The Morgan fingerprint density at radius 2 is 1.96 bits per heavy atom. The molecule has 1 amide bonds. The lowest BCUT2D eigenvalue weighted by molar-refractivity contribution is -0.120. The minimum Gasteiger partial charge on any atom is -0.354 e. The van der Waals surface area contributed by atoms with E-state index in [0.717, 1.165) is 30.4 Å². The summed E-state index contributed by atoms with van der Waals surface area (Å²) >= 11 is 2.03. The first kappa shape index (κ1) is 24.0. The van der Waals surface area contributed by atoms with E-state index in [-0.39, 0.29) is 42.1 Å². The normalized spacial score (nSPS) is 17.4. The van der Waals surface area contributed by atoms with Gasteiger partial charge in [-0.1, -0.05) is 26.0 Å². The van der Waals surface area contributed by atoms with Crippen LogP contribution in [0.1, 0.15) is 19.4 Å². The molecule has 2 rings (SSSR count). The topological polar surface area (TPSA) is 56.7 Å². The maximum Gasteiger partial charge on any atom is 0.224 e. The molecule has 1 aliphatic rings. The van der Waals surface area contributed by atoms with Gasteiger partial charge in [0, 0.05) is 44.2 Å². The van der Waals surface area contributed by atoms with Crippen LogP contribution >= 0.6 is 35.7 Å². The number of amides is 1. The van der Waals surface area contributed by atoms with Gasteiger partial charge in [-0.05, 0) is 23.6 Å². The fourth-order valence-corrected chi connectivity index (χ4v) is 4.13. The largest absolute Gasteiger partial charge is 0.354 e. The molecule has 0 bridgehead atoms. The number of carbonyl (C=O) groups is 1. The average molecular weight is 508 g/mol. The van der Waals surface area contributed by atoms with Crippen molar-refractivity contribution in [3.8, 4) is 0 Å². The molecule has 1 aliphatic heterocycles.